The lowest BCUT2D eigenvalue weighted by Gasteiger charge is -2.42. The van der Waals surface area contributed by atoms with Crippen LogP contribution in [0.4, 0.5) is 0 Å². The molecule has 1 saturated carbocycles. The first kappa shape index (κ1) is 13.1. The van der Waals surface area contributed by atoms with Crippen LogP contribution in [0.1, 0.15) is 50.2 Å². The van der Waals surface area contributed by atoms with Crippen LogP contribution in [-0.2, 0) is 4.74 Å². The van der Waals surface area contributed by atoms with E-state index in [2.05, 4.69) is 16.8 Å². The minimum atomic E-state index is 0.529. The quantitative estimate of drug-likeness (QED) is 0.823. The Hall–Kier alpha value is -0.870. The lowest BCUT2D eigenvalue weighted by atomic mass is 9.84. The summed E-state index contributed by atoms with van der Waals surface area (Å²) in [6, 6.07) is 1.30. The third-order valence-electron chi connectivity index (χ3n) is 4.57. The molecule has 0 bridgehead atoms. The summed E-state index contributed by atoms with van der Waals surface area (Å²) in [5.74, 6) is 2.41. The maximum atomic E-state index is 5.68. The van der Waals surface area contributed by atoms with Gasteiger partial charge in [0.1, 0.15) is 5.76 Å². The van der Waals surface area contributed by atoms with Gasteiger partial charge in [0, 0.05) is 24.5 Å². The average Bonchev–Trinajstić information content (AvgIpc) is 2.86. The zero-order valence-electron chi connectivity index (χ0n) is 12.0. The molecule has 0 spiro atoms. The molecule has 1 aromatic heterocycles. The smallest absolute Gasteiger partial charge is 0.197 e. The van der Waals surface area contributed by atoms with Crippen molar-refractivity contribution in [3.8, 4) is 0 Å². The van der Waals surface area contributed by atoms with Crippen LogP contribution in [0.3, 0.4) is 0 Å². The number of morpholine rings is 1. The van der Waals surface area contributed by atoms with Gasteiger partial charge >= 0.3 is 0 Å². The van der Waals surface area contributed by atoms with Crippen molar-refractivity contribution in [1.29, 1.82) is 0 Å². The maximum absolute atomic E-state index is 5.68. The van der Waals surface area contributed by atoms with E-state index in [1.54, 1.807) is 0 Å². The second kappa shape index (κ2) is 5.63. The highest BCUT2D eigenvalue weighted by atomic mass is 16.5. The van der Waals surface area contributed by atoms with E-state index in [-0.39, 0.29) is 0 Å². The predicted molar refractivity (Wildman–Crippen MR) is 73.2 cm³/mol. The molecular formula is C15H24N2O2. The van der Waals surface area contributed by atoms with E-state index >= 15 is 0 Å². The number of oxazole rings is 1. The molecule has 1 aromatic rings. The normalized spacial score (nSPS) is 33.5. The molecule has 106 valence electrons. The van der Waals surface area contributed by atoms with E-state index in [1.807, 2.05) is 13.1 Å². The minimum Gasteiger partial charge on any atom is -0.446 e. The van der Waals surface area contributed by atoms with Gasteiger partial charge in [-0.1, -0.05) is 0 Å². The number of aromatic nitrogens is 1. The number of hydrogen-bond acceptors (Lipinski definition) is 4. The lowest BCUT2D eigenvalue weighted by Crippen LogP contribution is -2.50. The van der Waals surface area contributed by atoms with Gasteiger partial charge in [0.15, 0.2) is 5.89 Å². The Kier molecular flexibility index (Phi) is 3.89. The van der Waals surface area contributed by atoms with Crippen molar-refractivity contribution < 1.29 is 9.15 Å². The van der Waals surface area contributed by atoms with Gasteiger partial charge in [-0.25, -0.2) is 4.98 Å². The predicted octanol–water partition coefficient (Wildman–Crippen LogP) is 2.73. The van der Waals surface area contributed by atoms with Crippen LogP contribution in [0, 0.1) is 6.92 Å². The zero-order chi connectivity index (χ0) is 13.2. The van der Waals surface area contributed by atoms with E-state index < -0.39 is 0 Å². The first-order valence-corrected chi connectivity index (χ1v) is 7.50. The number of nitrogens with zero attached hydrogens (tertiary/aromatic N) is 2. The Balaban J connectivity index is 1.57. The molecule has 1 atom stereocenters. The SMILES string of the molecule is Cc1cnc(C2CCC(N3CCOCC3C)CC2)o1. The summed E-state index contributed by atoms with van der Waals surface area (Å²) in [5.41, 5.74) is 0. The summed E-state index contributed by atoms with van der Waals surface area (Å²) in [5, 5.41) is 0. The molecule has 19 heavy (non-hydrogen) atoms. The zero-order valence-corrected chi connectivity index (χ0v) is 12.0. The fraction of sp³-hybridized carbons (Fsp3) is 0.800. The molecule has 0 amide bonds. The van der Waals surface area contributed by atoms with Gasteiger partial charge in [-0.15, -0.1) is 0 Å². The summed E-state index contributed by atoms with van der Waals surface area (Å²) in [7, 11) is 0. The highest BCUT2D eigenvalue weighted by Crippen LogP contribution is 2.35. The van der Waals surface area contributed by atoms with E-state index in [1.165, 1.54) is 25.7 Å². The first-order chi connectivity index (χ1) is 9.24. The van der Waals surface area contributed by atoms with Crippen molar-refractivity contribution in [2.75, 3.05) is 19.8 Å². The molecule has 0 radical (unpaired) electrons. The van der Waals surface area contributed by atoms with Crippen molar-refractivity contribution >= 4 is 0 Å². The average molecular weight is 264 g/mol. The standard InChI is InChI=1S/C15H24N2O2/c1-11-10-18-8-7-17(11)14-5-3-13(4-6-14)15-16-9-12(2)19-15/h9,11,13-14H,3-8,10H2,1-2H3. The highest BCUT2D eigenvalue weighted by Gasteiger charge is 2.32. The minimum absolute atomic E-state index is 0.529. The Morgan fingerprint density at radius 2 is 2.05 bits per heavy atom. The maximum Gasteiger partial charge on any atom is 0.197 e. The van der Waals surface area contributed by atoms with Crippen molar-refractivity contribution in [2.45, 2.75) is 57.5 Å². The molecule has 1 aliphatic heterocycles. The van der Waals surface area contributed by atoms with Gasteiger partial charge in [-0.05, 0) is 39.5 Å². The summed E-state index contributed by atoms with van der Waals surface area (Å²) in [6.45, 7) is 7.12. The van der Waals surface area contributed by atoms with Crippen molar-refractivity contribution in [2.24, 2.45) is 0 Å². The molecule has 4 heteroatoms. The fourth-order valence-electron chi connectivity index (χ4n) is 3.50. The summed E-state index contributed by atoms with van der Waals surface area (Å²) < 4.78 is 11.2. The van der Waals surface area contributed by atoms with E-state index in [9.17, 15) is 0 Å². The van der Waals surface area contributed by atoms with Crippen LogP contribution < -0.4 is 0 Å². The number of hydrogen-bond donors (Lipinski definition) is 0. The molecule has 3 rings (SSSR count). The van der Waals surface area contributed by atoms with Gasteiger partial charge in [-0.2, -0.15) is 0 Å². The summed E-state index contributed by atoms with van der Waals surface area (Å²) in [4.78, 5) is 7.03. The molecule has 2 heterocycles. The number of rotatable bonds is 2. The Labute approximate surface area is 115 Å². The van der Waals surface area contributed by atoms with Crippen molar-refractivity contribution in [1.82, 2.24) is 9.88 Å². The molecule has 1 unspecified atom stereocenters. The van der Waals surface area contributed by atoms with Gasteiger partial charge in [0.05, 0.1) is 19.4 Å². The molecule has 2 fully saturated rings. The monoisotopic (exact) mass is 264 g/mol. The van der Waals surface area contributed by atoms with Crippen LogP contribution in [0.15, 0.2) is 10.6 Å². The Morgan fingerprint density at radius 1 is 1.26 bits per heavy atom. The van der Waals surface area contributed by atoms with Crippen LogP contribution in [0.2, 0.25) is 0 Å². The van der Waals surface area contributed by atoms with Crippen LogP contribution in [-0.4, -0.2) is 41.7 Å². The molecule has 0 aromatic carbocycles. The largest absolute Gasteiger partial charge is 0.446 e. The third kappa shape index (κ3) is 2.84. The topological polar surface area (TPSA) is 38.5 Å². The van der Waals surface area contributed by atoms with Gasteiger partial charge in [-0.3, -0.25) is 4.90 Å². The highest BCUT2D eigenvalue weighted by molar-refractivity contribution is 5.00. The van der Waals surface area contributed by atoms with Crippen molar-refractivity contribution in [3.63, 3.8) is 0 Å². The molecule has 1 saturated heterocycles. The van der Waals surface area contributed by atoms with Crippen LogP contribution in [0.25, 0.3) is 0 Å². The molecule has 0 N–H and O–H groups in total. The Morgan fingerprint density at radius 3 is 2.68 bits per heavy atom. The first-order valence-electron chi connectivity index (χ1n) is 7.50. The molecular weight excluding hydrogens is 240 g/mol. The van der Waals surface area contributed by atoms with E-state index in [0.29, 0.717) is 12.0 Å². The molecule has 4 nitrogen and oxygen atoms in total. The van der Waals surface area contributed by atoms with E-state index in [0.717, 1.165) is 37.5 Å². The lowest BCUT2D eigenvalue weighted by molar-refractivity contribution is -0.0306. The fourth-order valence-corrected chi connectivity index (χ4v) is 3.50. The van der Waals surface area contributed by atoms with Gasteiger partial charge < -0.3 is 9.15 Å². The number of ether oxygens (including phenoxy) is 1. The number of aryl methyl sites for hydroxylation is 1. The summed E-state index contributed by atoms with van der Waals surface area (Å²) in [6.07, 6.45) is 6.77. The second-order valence-corrected chi connectivity index (χ2v) is 5.98. The Bertz CT molecular complexity index is 410. The third-order valence-corrected chi connectivity index (χ3v) is 4.57. The van der Waals surface area contributed by atoms with Gasteiger partial charge in [0.2, 0.25) is 0 Å². The second-order valence-electron chi connectivity index (χ2n) is 5.98. The molecule has 2 aliphatic rings. The van der Waals surface area contributed by atoms with Crippen molar-refractivity contribution in [3.05, 3.63) is 17.8 Å². The van der Waals surface area contributed by atoms with E-state index in [4.69, 9.17) is 9.15 Å². The molecule has 1 aliphatic carbocycles. The van der Waals surface area contributed by atoms with Crippen LogP contribution >= 0.6 is 0 Å². The summed E-state index contributed by atoms with van der Waals surface area (Å²) >= 11 is 0. The van der Waals surface area contributed by atoms with Crippen LogP contribution in [0.5, 0.6) is 0 Å². The van der Waals surface area contributed by atoms with Gasteiger partial charge in [0.25, 0.3) is 0 Å².